The van der Waals surface area contributed by atoms with Gasteiger partial charge in [0.05, 0.1) is 18.8 Å². The van der Waals surface area contributed by atoms with Crippen molar-refractivity contribution in [3.8, 4) is 5.88 Å². The van der Waals surface area contributed by atoms with Gasteiger partial charge in [0, 0.05) is 19.2 Å². The van der Waals surface area contributed by atoms with Gasteiger partial charge in [0.1, 0.15) is 5.69 Å². The molecule has 1 aromatic carbocycles. The summed E-state index contributed by atoms with van der Waals surface area (Å²) in [5.41, 5.74) is 10.0. The van der Waals surface area contributed by atoms with Crippen molar-refractivity contribution in [3.63, 3.8) is 0 Å². The molecule has 160 valence electrons. The quantitative estimate of drug-likeness (QED) is 0.650. The van der Waals surface area contributed by atoms with Crippen LogP contribution in [0.1, 0.15) is 43.7 Å². The Kier molecular flexibility index (Phi) is 6.38. The molecule has 1 fully saturated rings. The summed E-state index contributed by atoms with van der Waals surface area (Å²) < 4.78 is 5.76. The first-order chi connectivity index (χ1) is 14.6. The van der Waals surface area contributed by atoms with Crippen molar-refractivity contribution in [1.29, 1.82) is 0 Å². The lowest BCUT2D eigenvalue weighted by atomic mass is 10.1. The van der Waals surface area contributed by atoms with Crippen molar-refractivity contribution in [2.24, 2.45) is 0 Å². The molecule has 0 saturated carbocycles. The Morgan fingerprint density at radius 3 is 2.53 bits per heavy atom. The number of nitrogens with one attached hydrogen (secondary N) is 1. The lowest BCUT2D eigenvalue weighted by molar-refractivity contribution is -0.115. The molecule has 1 saturated heterocycles. The fourth-order valence-electron chi connectivity index (χ4n) is 4.05. The average molecular weight is 410 g/mol. The van der Waals surface area contributed by atoms with Crippen LogP contribution in [0.15, 0.2) is 30.3 Å². The van der Waals surface area contributed by atoms with Gasteiger partial charge >= 0.3 is 0 Å². The molecule has 1 amide bonds. The lowest BCUT2D eigenvalue weighted by Crippen LogP contribution is -2.38. The summed E-state index contributed by atoms with van der Waals surface area (Å²) in [5, 5.41) is 2.86. The van der Waals surface area contributed by atoms with Gasteiger partial charge in [-0.2, -0.15) is 4.98 Å². The van der Waals surface area contributed by atoms with E-state index in [4.69, 9.17) is 10.5 Å². The van der Waals surface area contributed by atoms with E-state index in [9.17, 15) is 4.79 Å². The number of hydrogen-bond donors (Lipinski definition) is 2. The first kappa shape index (κ1) is 20.5. The number of nitrogens with zero attached hydrogens (tertiary/aromatic N) is 3. The molecule has 7 heteroatoms. The zero-order valence-corrected chi connectivity index (χ0v) is 17.7. The van der Waals surface area contributed by atoms with E-state index in [1.807, 2.05) is 11.0 Å². The predicted octanol–water partition coefficient (Wildman–Crippen LogP) is 3.40. The number of aromatic nitrogens is 1. The number of nitrogen functional groups attached to an aromatic ring is 1. The number of ether oxygens (including phenoxy) is 1. The molecule has 3 heterocycles. The van der Waals surface area contributed by atoms with Crippen LogP contribution in [0.4, 0.5) is 17.2 Å². The minimum atomic E-state index is -0.0821. The van der Waals surface area contributed by atoms with Gasteiger partial charge in [-0.15, -0.1) is 0 Å². The van der Waals surface area contributed by atoms with Crippen molar-refractivity contribution in [1.82, 2.24) is 9.88 Å². The third-order valence-corrected chi connectivity index (χ3v) is 5.69. The number of carbonyl (C=O) groups is 1. The highest BCUT2D eigenvalue weighted by Gasteiger charge is 2.26. The molecule has 0 radical (unpaired) electrons. The second kappa shape index (κ2) is 9.34. The van der Waals surface area contributed by atoms with Gasteiger partial charge in [-0.25, -0.2) is 0 Å². The molecule has 0 aliphatic carbocycles. The largest absolute Gasteiger partial charge is 0.478 e. The first-order valence-electron chi connectivity index (χ1n) is 10.9. The molecule has 4 rings (SSSR count). The molecule has 3 N–H and O–H groups in total. The summed E-state index contributed by atoms with van der Waals surface area (Å²) in [5.74, 6) is 0.709. The Hall–Kier alpha value is -2.80. The van der Waals surface area contributed by atoms with E-state index in [0.29, 0.717) is 24.7 Å². The van der Waals surface area contributed by atoms with E-state index in [1.165, 1.54) is 31.5 Å². The number of fused-ring (bicyclic) bond motifs is 1. The van der Waals surface area contributed by atoms with Crippen molar-refractivity contribution in [2.75, 3.05) is 42.2 Å². The van der Waals surface area contributed by atoms with Crippen molar-refractivity contribution in [3.05, 3.63) is 41.5 Å². The topological polar surface area (TPSA) is 83.7 Å². The van der Waals surface area contributed by atoms with Crippen molar-refractivity contribution < 1.29 is 9.53 Å². The van der Waals surface area contributed by atoms with Crippen LogP contribution < -0.4 is 20.7 Å². The van der Waals surface area contributed by atoms with Crippen LogP contribution in [-0.2, 0) is 17.9 Å². The highest BCUT2D eigenvalue weighted by atomic mass is 16.5. The van der Waals surface area contributed by atoms with Gasteiger partial charge in [-0.05, 0) is 43.5 Å². The minimum absolute atomic E-state index is 0.0821. The number of anilines is 3. The Morgan fingerprint density at radius 2 is 1.83 bits per heavy atom. The zero-order chi connectivity index (χ0) is 20.9. The molecule has 30 heavy (non-hydrogen) atoms. The standard InChI is InChI=1S/C23H31N5O2/c1-2-3-12-30-21-13-19-22(23(24)26-21)25-20(29)16-28(19)15-18-8-6-17(7-9-18)14-27-10-4-5-11-27/h6-9,13H,2-5,10-12,14-16H2,1H3,(H2,24,26)(H,25,29). The Labute approximate surface area is 178 Å². The number of hydrogen-bond acceptors (Lipinski definition) is 6. The van der Waals surface area contributed by atoms with Gasteiger partial charge in [-0.3, -0.25) is 9.69 Å². The van der Waals surface area contributed by atoms with Gasteiger partial charge < -0.3 is 20.7 Å². The van der Waals surface area contributed by atoms with E-state index in [0.717, 1.165) is 30.6 Å². The van der Waals surface area contributed by atoms with Gasteiger partial charge in [-0.1, -0.05) is 37.6 Å². The normalized spacial score (nSPS) is 16.4. The fraction of sp³-hybridized carbons (Fsp3) is 0.478. The summed E-state index contributed by atoms with van der Waals surface area (Å²) in [7, 11) is 0. The Balaban J connectivity index is 1.49. The molecule has 2 aromatic rings. The molecule has 7 nitrogen and oxygen atoms in total. The van der Waals surface area contributed by atoms with Gasteiger partial charge in [0.25, 0.3) is 0 Å². The molecule has 0 bridgehead atoms. The number of nitrogens with two attached hydrogens (primary N) is 1. The van der Waals surface area contributed by atoms with E-state index >= 15 is 0 Å². The number of unbranched alkanes of at least 4 members (excludes halogenated alkanes) is 1. The maximum absolute atomic E-state index is 12.2. The van der Waals surface area contributed by atoms with E-state index in [1.54, 1.807) is 0 Å². The Morgan fingerprint density at radius 1 is 1.13 bits per heavy atom. The maximum atomic E-state index is 12.2. The fourth-order valence-corrected chi connectivity index (χ4v) is 4.05. The third kappa shape index (κ3) is 4.84. The van der Waals surface area contributed by atoms with Crippen LogP contribution in [0, 0.1) is 0 Å². The van der Waals surface area contributed by atoms with Crippen molar-refractivity contribution >= 4 is 23.1 Å². The number of carbonyl (C=O) groups excluding carboxylic acids is 1. The first-order valence-corrected chi connectivity index (χ1v) is 10.9. The molecule has 2 aliphatic rings. The summed E-state index contributed by atoms with van der Waals surface area (Å²) in [6, 6.07) is 10.6. The smallest absolute Gasteiger partial charge is 0.244 e. The molecule has 0 unspecified atom stereocenters. The molecular formula is C23H31N5O2. The summed E-state index contributed by atoms with van der Waals surface area (Å²) >= 11 is 0. The molecule has 0 spiro atoms. The number of rotatable bonds is 8. The van der Waals surface area contributed by atoms with E-state index < -0.39 is 0 Å². The van der Waals surface area contributed by atoms with Gasteiger partial charge in [0.2, 0.25) is 11.8 Å². The second-order valence-electron chi connectivity index (χ2n) is 8.15. The third-order valence-electron chi connectivity index (χ3n) is 5.69. The number of pyridine rings is 1. The van der Waals surface area contributed by atoms with Crippen LogP contribution in [0.3, 0.4) is 0 Å². The average Bonchev–Trinajstić information content (AvgIpc) is 3.24. The van der Waals surface area contributed by atoms with Crippen LogP contribution in [0.25, 0.3) is 0 Å². The summed E-state index contributed by atoms with van der Waals surface area (Å²) in [6.07, 6.45) is 4.62. The minimum Gasteiger partial charge on any atom is -0.478 e. The Bertz CT molecular complexity index is 878. The molecular weight excluding hydrogens is 378 g/mol. The highest BCUT2D eigenvalue weighted by Crippen LogP contribution is 2.37. The SMILES string of the molecule is CCCCOc1cc2c(c(N)n1)NC(=O)CN2Cc1ccc(CN2CCCC2)cc1. The lowest BCUT2D eigenvalue weighted by Gasteiger charge is -2.31. The molecule has 1 aromatic heterocycles. The second-order valence-corrected chi connectivity index (χ2v) is 8.15. The van der Waals surface area contributed by atoms with Gasteiger partial charge in [0.15, 0.2) is 5.82 Å². The molecule has 2 aliphatic heterocycles. The van der Waals surface area contributed by atoms with E-state index in [-0.39, 0.29) is 18.3 Å². The van der Waals surface area contributed by atoms with Crippen LogP contribution in [0.5, 0.6) is 5.88 Å². The van der Waals surface area contributed by atoms with Crippen LogP contribution in [0.2, 0.25) is 0 Å². The predicted molar refractivity (Wildman–Crippen MR) is 120 cm³/mol. The molecule has 0 atom stereocenters. The number of benzene rings is 1. The van der Waals surface area contributed by atoms with Crippen LogP contribution in [-0.4, -0.2) is 42.0 Å². The maximum Gasteiger partial charge on any atom is 0.244 e. The van der Waals surface area contributed by atoms with E-state index in [2.05, 4.69) is 46.4 Å². The monoisotopic (exact) mass is 409 g/mol. The summed E-state index contributed by atoms with van der Waals surface area (Å²) in [6.45, 7) is 7.02. The van der Waals surface area contributed by atoms with Crippen LogP contribution >= 0.6 is 0 Å². The highest BCUT2D eigenvalue weighted by molar-refractivity contribution is 6.04. The zero-order valence-electron chi connectivity index (χ0n) is 17.7. The van der Waals surface area contributed by atoms with Crippen molar-refractivity contribution in [2.45, 2.75) is 45.7 Å². The number of likely N-dealkylation sites (tertiary alicyclic amines) is 1. The summed E-state index contributed by atoms with van der Waals surface area (Å²) in [4.78, 5) is 21.1. The number of amides is 1.